The van der Waals surface area contributed by atoms with Gasteiger partial charge < -0.3 is 10.0 Å². The third-order valence-electron chi connectivity index (χ3n) is 6.71. The summed E-state index contributed by atoms with van der Waals surface area (Å²) < 4.78 is 0. The van der Waals surface area contributed by atoms with Gasteiger partial charge in [0.1, 0.15) is 0 Å². The molecule has 1 N–H and O–H groups in total. The van der Waals surface area contributed by atoms with E-state index in [-0.39, 0.29) is 17.2 Å². The predicted molar refractivity (Wildman–Crippen MR) is 102 cm³/mol. The Balaban J connectivity index is 1.25. The van der Waals surface area contributed by atoms with Gasteiger partial charge in [-0.15, -0.1) is 0 Å². The quantitative estimate of drug-likeness (QED) is 0.904. The smallest absolute Gasteiger partial charge is 0.225 e. The standard InChI is InChI=1S/C22H32N2O2/c1-20(2,3)17-5-6-23-18(8-17)7-15-9-22(10-15)13-24(14-22)19(25)16-11-21(4,26)12-16/h5-6,8,15-16,26H,7,9-14H2,1-4H3. The van der Waals surface area contributed by atoms with Crippen molar-refractivity contribution in [2.75, 3.05) is 13.1 Å². The van der Waals surface area contributed by atoms with Gasteiger partial charge in [-0.1, -0.05) is 20.8 Å². The summed E-state index contributed by atoms with van der Waals surface area (Å²) in [6.45, 7) is 10.4. The van der Waals surface area contributed by atoms with E-state index in [0.717, 1.165) is 19.5 Å². The van der Waals surface area contributed by atoms with Crippen LogP contribution >= 0.6 is 0 Å². The summed E-state index contributed by atoms with van der Waals surface area (Å²) in [6.07, 6.45) is 6.72. The van der Waals surface area contributed by atoms with Crippen LogP contribution in [0.1, 0.15) is 64.6 Å². The molecule has 2 heterocycles. The molecule has 4 nitrogen and oxygen atoms in total. The van der Waals surface area contributed by atoms with E-state index in [1.807, 2.05) is 18.0 Å². The first kappa shape index (κ1) is 18.0. The number of amides is 1. The fourth-order valence-corrected chi connectivity index (χ4v) is 5.27. The number of aromatic nitrogens is 1. The topological polar surface area (TPSA) is 53.4 Å². The van der Waals surface area contributed by atoms with E-state index < -0.39 is 5.60 Å². The van der Waals surface area contributed by atoms with Crippen LogP contribution in [0, 0.1) is 17.3 Å². The average Bonchev–Trinajstić information content (AvgIpc) is 2.44. The number of rotatable bonds is 3. The lowest BCUT2D eigenvalue weighted by Crippen LogP contribution is -2.66. The summed E-state index contributed by atoms with van der Waals surface area (Å²) in [5, 5.41) is 9.83. The summed E-state index contributed by atoms with van der Waals surface area (Å²) in [5.41, 5.74) is 2.50. The van der Waals surface area contributed by atoms with Crippen LogP contribution in [-0.4, -0.2) is 39.6 Å². The summed E-state index contributed by atoms with van der Waals surface area (Å²) >= 11 is 0. The first-order chi connectivity index (χ1) is 12.1. The summed E-state index contributed by atoms with van der Waals surface area (Å²) in [6, 6.07) is 4.39. The minimum absolute atomic E-state index is 0.0579. The van der Waals surface area contributed by atoms with Crippen molar-refractivity contribution < 1.29 is 9.90 Å². The SMILES string of the molecule is CC1(O)CC(C(=O)N2CC3(CC(Cc4cc(C(C)(C)C)ccn4)C3)C2)C1. The lowest BCUT2D eigenvalue weighted by molar-refractivity contribution is -0.171. The van der Waals surface area contributed by atoms with E-state index in [4.69, 9.17) is 0 Å². The van der Waals surface area contributed by atoms with Gasteiger partial charge in [0, 0.05) is 36.3 Å². The molecular weight excluding hydrogens is 324 g/mol. The number of hydrogen-bond acceptors (Lipinski definition) is 3. The van der Waals surface area contributed by atoms with Gasteiger partial charge in [0.2, 0.25) is 5.91 Å². The second kappa shape index (κ2) is 5.79. The van der Waals surface area contributed by atoms with Crippen LogP contribution in [0.2, 0.25) is 0 Å². The highest BCUT2D eigenvalue weighted by Crippen LogP contribution is 2.53. The molecule has 3 aliphatic rings. The Kier molecular flexibility index (Phi) is 4.00. The Morgan fingerprint density at radius 2 is 1.92 bits per heavy atom. The third-order valence-corrected chi connectivity index (χ3v) is 6.71. The molecule has 1 amide bonds. The highest BCUT2D eigenvalue weighted by Gasteiger charge is 2.55. The number of carbonyl (C=O) groups excluding carboxylic acids is 1. The lowest BCUT2D eigenvalue weighted by Gasteiger charge is -2.60. The van der Waals surface area contributed by atoms with Crippen LogP contribution in [0.5, 0.6) is 0 Å². The van der Waals surface area contributed by atoms with E-state index in [9.17, 15) is 9.90 Å². The zero-order valence-corrected chi connectivity index (χ0v) is 16.6. The number of nitrogens with zero attached hydrogens (tertiary/aromatic N) is 2. The monoisotopic (exact) mass is 356 g/mol. The molecule has 3 fully saturated rings. The van der Waals surface area contributed by atoms with Gasteiger partial charge in [0.15, 0.2) is 0 Å². The number of likely N-dealkylation sites (tertiary alicyclic amines) is 1. The van der Waals surface area contributed by atoms with Crippen molar-refractivity contribution in [3.63, 3.8) is 0 Å². The van der Waals surface area contributed by atoms with Crippen LogP contribution in [0.3, 0.4) is 0 Å². The zero-order chi connectivity index (χ0) is 18.7. The Bertz CT molecular complexity index is 697. The molecule has 1 saturated heterocycles. The first-order valence-corrected chi connectivity index (χ1v) is 10.0. The second-order valence-electron chi connectivity index (χ2n) is 10.6. The number of hydrogen-bond donors (Lipinski definition) is 1. The van der Waals surface area contributed by atoms with Crippen molar-refractivity contribution in [1.82, 2.24) is 9.88 Å². The van der Waals surface area contributed by atoms with Gasteiger partial charge in [-0.05, 0) is 68.1 Å². The fraction of sp³-hybridized carbons (Fsp3) is 0.727. The first-order valence-electron chi connectivity index (χ1n) is 10.0. The molecule has 2 saturated carbocycles. The Morgan fingerprint density at radius 3 is 2.50 bits per heavy atom. The van der Waals surface area contributed by atoms with Crippen molar-refractivity contribution in [3.05, 3.63) is 29.6 Å². The van der Waals surface area contributed by atoms with E-state index >= 15 is 0 Å². The Hall–Kier alpha value is -1.42. The van der Waals surface area contributed by atoms with Crippen molar-refractivity contribution in [2.24, 2.45) is 17.3 Å². The molecular formula is C22H32N2O2. The second-order valence-corrected chi connectivity index (χ2v) is 10.6. The Morgan fingerprint density at radius 1 is 1.27 bits per heavy atom. The normalized spacial score (nSPS) is 30.5. The van der Waals surface area contributed by atoms with E-state index in [0.29, 0.717) is 24.2 Å². The highest BCUT2D eigenvalue weighted by molar-refractivity contribution is 5.81. The van der Waals surface area contributed by atoms with E-state index in [1.165, 1.54) is 24.1 Å². The molecule has 142 valence electrons. The molecule has 0 bridgehead atoms. The lowest BCUT2D eigenvalue weighted by atomic mass is 9.56. The minimum Gasteiger partial charge on any atom is -0.390 e. The maximum atomic E-state index is 12.4. The number of carbonyl (C=O) groups is 1. The van der Waals surface area contributed by atoms with Gasteiger partial charge in [-0.2, -0.15) is 0 Å². The molecule has 1 aromatic rings. The van der Waals surface area contributed by atoms with Gasteiger partial charge in [0.05, 0.1) is 5.60 Å². The van der Waals surface area contributed by atoms with Crippen molar-refractivity contribution in [1.29, 1.82) is 0 Å². The molecule has 0 aromatic carbocycles. The van der Waals surface area contributed by atoms with Crippen LogP contribution < -0.4 is 0 Å². The molecule has 0 radical (unpaired) electrons. The van der Waals surface area contributed by atoms with Crippen molar-refractivity contribution in [2.45, 2.75) is 70.8 Å². The molecule has 1 aliphatic heterocycles. The van der Waals surface area contributed by atoms with Crippen LogP contribution in [0.25, 0.3) is 0 Å². The number of pyridine rings is 1. The Labute approximate surface area is 157 Å². The van der Waals surface area contributed by atoms with Crippen LogP contribution in [0.15, 0.2) is 18.3 Å². The van der Waals surface area contributed by atoms with Gasteiger partial charge in [-0.3, -0.25) is 9.78 Å². The molecule has 4 heteroatoms. The average molecular weight is 357 g/mol. The van der Waals surface area contributed by atoms with Crippen molar-refractivity contribution >= 4 is 5.91 Å². The van der Waals surface area contributed by atoms with Crippen LogP contribution in [0.4, 0.5) is 0 Å². The molecule has 2 aliphatic carbocycles. The fourth-order valence-electron chi connectivity index (χ4n) is 5.27. The molecule has 4 rings (SSSR count). The minimum atomic E-state index is -0.612. The van der Waals surface area contributed by atoms with Crippen LogP contribution in [-0.2, 0) is 16.6 Å². The summed E-state index contributed by atoms with van der Waals surface area (Å²) in [4.78, 5) is 19.0. The summed E-state index contributed by atoms with van der Waals surface area (Å²) in [7, 11) is 0. The molecule has 26 heavy (non-hydrogen) atoms. The number of aliphatic hydroxyl groups is 1. The van der Waals surface area contributed by atoms with E-state index in [1.54, 1.807) is 0 Å². The van der Waals surface area contributed by atoms with E-state index in [2.05, 4.69) is 37.9 Å². The van der Waals surface area contributed by atoms with Crippen molar-refractivity contribution in [3.8, 4) is 0 Å². The molecule has 1 spiro atoms. The zero-order valence-electron chi connectivity index (χ0n) is 16.6. The maximum absolute atomic E-state index is 12.4. The molecule has 1 aromatic heterocycles. The predicted octanol–water partition coefficient (Wildman–Crippen LogP) is 3.32. The molecule has 0 unspecified atom stereocenters. The largest absolute Gasteiger partial charge is 0.390 e. The third kappa shape index (κ3) is 3.28. The maximum Gasteiger partial charge on any atom is 0.225 e. The molecule has 0 atom stereocenters. The highest BCUT2D eigenvalue weighted by atomic mass is 16.3. The van der Waals surface area contributed by atoms with Gasteiger partial charge >= 0.3 is 0 Å². The van der Waals surface area contributed by atoms with Gasteiger partial charge in [-0.25, -0.2) is 0 Å². The summed E-state index contributed by atoms with van der Waals surface area (Å²) in [5.74, 6) is 1.03. The van der Waals surface area contributed by atoms with Gasteiger partial charge in [0.25, 0.3) is 0 Å².